The minimum absolute atomic E-state index is 0. The molecule has 0 aromatic heterocycles. The van der Waals surface area contributed by atoms with Gasteiger partial charge in [-0.05, 0) is 20.4 Å². The van der Waals surface area contributed by atoms with E-state index in [0.717, 1.165) is 13.1 Å². The van der Waals surface area contributed by atoms with Crippen LogP contribution in [-0.2, 0) is 14.4 Å². The van der Waals surface area contributed by atoms with Gasteiger partial charge in [0, 0.05) is 55.3 Å². The van der Waals surface area contributed by atoms with E-state index in [2.05, 4.69) is 4.90 Å². The van der Waals surface area contributed by atoms with Gasteiger partial charge in [0.05, 0.1) is 30.7 Å². The van der Waals surface area contributed by atoms with Crippen LogP contribution in [0, 0.1) is 11.8 Å². The van der Waals surface area contributed by atoms with Crippen molar-refractivity contribution in [2.75, 3.05) is 52.9 Å². The minimum Gasteiger partial charge on any atom is -0.477 e. The monoisotopic (exact) mass is 518 g/mol. The van der Waals surface area contributed by atoms with E-state index in [1.165, 1.54) is 16.7 Å². The number of fused-ring (bicyclic) bond motifs is 1. The van der Waals surface area contributed by atoms with Crippen LogP contribution >= 0.6 is 24.2 Å². The second kappa shape index (κ2) is 10.7. The maximum absolute atomic E-state index is 13.2. The van der Waals surface area contributed by atoms with Gasteiger partial charge in [-0.25, -0.2) is 4.79 Å². The van der Waals surface area contributed by atoms with Crippen molar-refractivity contribution >= 4 is 42.0 Å². The Labute approximate surface area is 210 Å². The molecule has 6 atom stereocenters. The van der Waals surface area contributed by atoms with Gasteiger partial charge < -0.3 is 25.1 Å². The molecular weight excluding hydrogens is 484 g/mol. The summed E-state index contributed by atoms with van der Waals surface area (Å²) in [5.41, 5.74) is 0.0387. The number of β-lactam (4-membered cyclic amide) rings is 1. The Morgan fingerprint density at radius 3 is 2.41 bits per heavy atom. The molecule has 3 fully saturated rings. The fourth-order valence-electron chi connectivity index (χ4n) is 5.73. The number of nitrogens with zero attached hydrogens (tertiary/aromatic N) is 4. The van der Waals surface area contributed by atoms with Crippen molar-refractivity contribution in [3.8, 4) is 0 Å². The molecular formula is C22H35ClN4O6S. The summed E-state index contributed by atoms with van der Waals surface area (Å²) in [7, 11) is 1.93. The van der Waals surface area contributed by atoms with Crippen LogP contribution in [0.15, 0.2) is 10.6 Å². The molecule has 2 amide bonds. The maximum Gasteiger partial charge on any atom is 0.353 e. The van der Waals surface area contributed by atoms with Crippen molar-refractivity contribution in [3.05, 3.63) is 10.6 Å². The van der Waals surface area contributed by atoms with E-state index in [0.29, 0.717) is 37.5 Å². The third-order valence-corrected chi connectivity index (χ3v) is 8.99. The number of hydrogen-bond donors (Lipinski definition) is 3. The van der Waals surface area contributed by atoms with E-state index in [-0.39, 0.29) is 59.8 Å². The quantitative estimate of drug-likeness (QED) is 0.383. The van der Waals surface area contributed by atoms with Crippen LogP contribution in [0.5, 0.6) is 0 Å². The van der Waals surface area contributed by atoms with E-state index >= 15 is 0 Å². The molecule has 12 heteroatoms. The molecule has 0 saturated carbocycles. The van der Waals surface area contributed by atoms with Crippen LogP contribution in [0.1, 0.15) is 20.3 Å². The van der Waals surface area contributed by atoms with E-state index < -0.39 is 18.0 Å². The first-order chi connectivity index (χ1) is 15.6. The molecule has 4 heterocycles. The van der Waals surface area contributed by atoms with Gasteiger partial charge in [0.25, 0.3) is 0 Å². The lowest BCUT2D eigenvalue weighted by Crippen LogP contribution is -2.63. The molecule has 3 N–H and O–H groups in total. The Bertz CT molecular complexity index is 849. The van der Waals surface area contributed by atoms with Crippen LogP contribution in [0.25, 0.3) is 0 Å². The molecule has 192 valence electrons. The van der Waals surface area contributed by atoms with Gasteiger partial charge in [-0.1, -0.05) is 6.92 Å². The first kappa shape index (κ1) is 27.2. The van der Waals surface area contributed by atoms with Gasteiger partial charge in [0.1, 0.15) is 5.70 Å². The minimum atomic E-state index is -1.12. The normalized spacial score (nSPS) is 33.0. The van der Waals surface area contributed by atoms with E-state index in [1.807, 2.05) is 23.8 Å². The summed E-state index contributed by atoms with van der Waals surface area (Å²) in [5, 5.41) is 29.0. The largest absolute Gasteiger partial charge is 0.477 e. The van der Waals surface area contributed by atoms with Crippen molar-refractivity contribution < 1.29 is 29.7 Å². The van der Waals surface area contributed by atoms with E-state index in [9.17, 15) is 24.6 Å². The number of hydrogen-bond acceptors (Lipinski definition) is 8. The number of carbonyl (C=O) groups is 3. The van der Waals surface area contributed by atoms with Gasteiger partial charge in [-0.15, -0.1) is 24.2 Å². The number of carbonyl (C=O) groups excluding carboxylic acids is 2. The second-order valence-corrected chi connectivity index (χ2v) is 10.9. The number of thioether (sulfide) groups is 1. The highest BCUT2D eigenvalue weighted by Gasteiger charge is 2.60. The van der Waals surface area contributed by atoms with Crippen molar-refractivity contribution in [1.82, 2.24) is 19.6 Å². The third kappa shape index (κ3) is 4.70. The van der Waals surface area contributed by atoms with Gasteiger partial charge in [0.15, 0.2) is 0 Å². The molecule has 0 aromatic rings. The fraction of sp³-hybridized carbons (Fsp3) is 0.773. The summed E-state index contributed by atoms with van der Waals surface area (Å²) < 4.78 is 0. The highest BCUT2D eigenvalue weighted by atomic mass is 35.5. The first-order valence-corrected chi connectivity index (χ1v) is 12.5. The average Bonchev–Trinajstić information content (AvgIpc) is 3.24. The van der Waals surface area contributed by atoms with Gasteiger partial charge >= 0.3 is 5.97 Å². The number of aliphatic carboxylic acids is 1. The van der Waals surface area contributed by atoms with E-state index in [1.54, 1.807) is 6.92 Å². The van der Waals surface area contributed by atoms with Gasteiger partial charge in [-0.3, -0.25) is 19.4 Å². The Kier molecular flexibility index (Phi) is 8.58. The number of aliphatic hydroxyl groups is 2. The average molecular weight is 519 g/mol. The zero-order valence-electron chi connectivity index (χ0n) is 19.8. The lowest BCUT2D eigenvalue weighted by molar-refractivity contribution is -0.163. The Hall–Kier alpha value is -1.37. The summed E-state index contributed by atoms with van der Waals surface area (Å²) >= 11 is 1.48. The number of piperazine rings is 1. The smallest absolute Gasteiger partial charge is 0.353 e. The lowest BCUT2D eigenvalue weighted by Gasteiger charge is -2.46. The molecule has 34 heavy (non-hydrogen) atoms. The molecule has 0 aromatic carbocycles. The summed E-state index contributed by atoms with van der Waals surface area (Å²) in [6.07, 6.45) is -0.198. The molecule has 0 aliphatic carbocycles. The SMILES string of the molecule is C[C@@H](O)[C@H]1C(=O)N2C(C(=O)O)=C(S[C@H]3C[C@@H](C(=O)N4CCN(CCO)CC4)N(C)C3)[C@H](C)[C@H]12.Cl. The number of halogens is 1. The molecule has 4 aliphatic heterocycles. The zero-order chi connectivity index (χ0) is 24.0. The summed E-state index contributed by atoms with van der Waals surface area (Å²) in [5.74, 6) is -2.09. The number of β-amino-alcohol motifs (C(OH)–C–C–N with tert-alkyl or cyclic N) is 1. The molecule has 0 bridgehead atoms. The summed E-state index contributed by atoms with van der Waals surface area (Å²) in [4.78, 5) is 45.9. The Morgan fingerprint density at radius 1 is 1.21 bits per heavy atom. The van der Waals surface area contributed by atoms with Gasteiger partial charge in [-0.2, -0.15) is 0 Å². The molecule has 10 nitrogen and oxygen atoms in total. The van der Waals surface area contributed by atoms with Crippen LogP contribution in [0.3, 0.4) is 0 Å². The number of amides is 2. The van der Waals surface area contributed by atoms with Crippen LogP contribution < -0.4 is 0 Å². The molecule has 4 aliphatic rings. The Morgan fingerprint density at radius 2 is 1.85 bits per heavy atom. The number of carboxylic acids is 1. The van der Waals surface area contributed by atoms with Crippen molar-refractivity contribution in [1.29, 1.82) is 0 Å². The van der Waals surface area contributed by atoms with Crippen molar-refractivity contribution in [3.63, 3.8) is 0 Å². The summed E-state index contributed by atoms with van der Waals surface area (Å²) in [6.45, 7) is 7.69. The van der Waals surface area contributed by atoms with Gasteiger partial charge in [0.2, 0.25) is 11.8 Å². The van der Waals surface area contributed by atoms with Crippen LogP contribution in [0.2, 0.25) is 0 Å². The molecule has 0 spiro atoms. The number of likely N-dealkylation sites (tertiary alicyclic amines) is 1. The highest BCUT2D eigenvalue weighted by Crippen LogP contribution is 2.52. The standard InChI is InChI=1S/C22H34N4O6S.ClH/c1-12-17-16(13(2)28)21(30)26(17)18(22(31)32)19(12)33-14-10-15(23(3)11-14)20(29)25-6-4-24(5-7-25)8-9-27;/h12-17,27-28H,4-11H2,1-3H3,(H,31,32);1H/t12-,13-,14+,15+,16-,17-;/m1./s1. The zero-order valence-corrected chi connectivity index (χ0v) is 21.4. The predicted molar refractivity (Wildman–Crippen MR) is 129 cm³/mol. The second-order valence-electron chi connectivity index (χ2n) is 9.59. The maximum atomic E-state index is 13.2. The molecule has 0 unspecified atom stereocenters. The summed E-state index contributed by atoms with van der Waals surface area (Å²) in [6, 6.07) is -0.570. The predicted octanol–water partition coefficient (Wildman–Crippen LogP) is -0.496. The van der Waals surface area contributed by atoms with E-state index in [4.69, 9.17) is 5.11 Å². The van der Waals surface area contributed by atoms with Crippen LogP contribution in [0.4, 0.5) is 0 Å². The highest BCUT2D eigenvalue weighted by molar-refractivity contribution is 8.03. The molecule has 0 radical (unpaired) electrons. The fourth-order valence-corrected chi connectivity index (χ4v) is 7.33. The first-order valence-electron chi connectivity index (χ1n) is 11.6. The number of rotatable bonds is 7. The molecule has 4 rings (SSSR count). The molecule has 3 saturated heterocycles. The lowest BCUT2D eigenvalue weighted by atomic mass is 9.79. The Balaban J connectivity index is 0.00000324. The number of carboxylic acid groups (broad SMARTS) is 1. The number of aliphatic hydroxyl groups excluding tert-OH is 2. The van der Waals surface area contributed by atoms with Crippen molar-refractivity contribution in [2.24, 2.45) is 11.8 Å². The topological polar surface area (TPSA) is 125 Å². The third-order valence-electron chi connectivity index (χ3n) is 7.50. The number of likely N-dealkylation sites (N-methyl/N-ethyl adjacent to an activating group) is 1. The van der Waals surface area contributed by atoms with Crippen LogP contribution in [-0.4, -0.2) is 129 Å². The van der Waals surface area contributed by atoms with Crippen molar-refractivity contribution in [2.45, 2.75) is 43.7 Å².